The van der Waals surface area contributed by atoms with Gasteiger partial charge in [0.05, 0.1) is 6.10 Å². The SMILES string of the molecule is CC(NC1C=CCCC1)C1CCCO1. The topological polar surface area (TPSA) is 21.3 Å². The normalized spacial score (nSPS) is 34.6. The van der Waals surface area contributed by atoms with Crippen molar-refractivity contribution in [3.05, 3.63) is 12.2 Å². The van der Waals surface area contributed by atoms with Crippen LogP contribution in [0.2, 0.25) is 0 Å². The molecule has 0 aromatic heterocycles. The van der Waals surface area contributed by atoms with E-state index in [1.807, 2.05) is 0 Å². The van der Waals surface area contributed by atoms with Gasteiger partial charge in [0.15, 0.2) is 0 Å². The molecule has 0 spiro atoms. The van der Waals surface area contributed by atoms with Gasteiger partial charge in [0.2, 0.25) is 0 Å². The lowest BCUT2D eigenvalue weighted by Gasteiger charge is -2.26. The highest BCUT2D eigenvalue weighted by atomic mass is 16.5. The zero-order valence-electron chi connectivity index (χ0n) is 9.04. The van der Waals surface area contributed by atoms with Gasteiger partial charge in [-0.05, 0) is 39.0 Å². The van der Waals surface area contributed by atoms with Crippen LogP contribution in [0, 0.1) is 0 Å². The Hall–Kier alpha value is -0.340. The minimum Gasteiger partial charge on any atom is -0.377 e. The lowest BCUT2D eigenvalue weighted by Crippen LogP contribution is -2.43. The van der Waals surface area contributed by atoms with Crippen LogP contribution >= 0.6 is 0 Å². The molecule has 2 rings (SSSR count). The average Bonchev–Trinajstić information content (AvgIpc) is 2.72. The Bertz CT molecular complexity index is 196. The number of hydrogen-bond donors (Lipinski definition) is 1. The van der Waals surface area contributed by atoms with Crippen molar-refractivity contribution in [2.45, 2.75) is 57.2 Å². The first-order valence-electron chi connectivity index (χ1n) is 5.90. The molecule has 2 heteroatoms. The maximum Gasteiger partial charge on any atom is 0.0726 e. The molecule has 0 aromatic carbocycles. The maximum atomic E-state index is 5.67. The predicted molar refractivity (Wildman–Crippen MR) is 58.4 cm³/mol. The van der Waals surface area contributed by atoms with Crippen LogP contribution < -0.4 is 5.32 Å². The van der Waals surface area contributed by atoms with E-state index in [-0.39, 0.29) is 0 Å². The third-order valence-corrected chi connectivity index (χ3v) is 3.25. The summed E-state index contributed by atoms with van der Waals surface area (Å²) in [5.74, 6) is 0. The Kier molecular flexibility index (Phi) is 3.60. The van der Waals surface area contributed by atoms with Crippen LogP contribution in [0.15, 0.2) is 12.2 Å². The molecule has 3 atom stereocenters. The quantitative estimate of drug-likeness (QED) is 0.697. The Morgan fingerprint density at radius 2 is 2.29 bits per heavy atom. The van der Waals surface area contributed by atoms with Crippen LogP contribution in [-0.2, 0) is 4.74 Å². The summed E-state index contributed by atoms with van der Waals surface area (Å²) in [4.78, 5) is 0. The summed E-state index contributed by atoms with van der Waals surface area (Å²) in [6, 6.07) is 1.09. The van der Waals surface area contributed by atoms with E-state index in [9.17, 15) is 0 Å². The fraction of sp³-hybridized carbons (Fsp3) is 0.833. The summed E-state index contributed by atoms with van der Waals surface area (Å²) in [6.45, 7) is 3.20. The molecule has 2 aliphatic rings. The predicted octanol–water partition coefficient (Wildman–Crippen LogP) is 2.25. The smallest absolute Gasteiger partial charge is 0.0726 e. The second kappa shape index (κ2) is 4.94. The van der Waals surface area contributed by atoms with E-state index >= 15 is 0 Å². The molecule has 1 aliphatic heterocycles. The number of ether oxygens (including phenoxy) is 1. The van der Waals surface area contributed by atoms with E-state index in [1.54, 1.807) is 0 Å². The standard InChI is InChI=1S/C12H21NO/c1-10(12-8-5-9-14-12)13-11-6-3-2-4-7-11/h3,6,10-13H,2,4-5,7-9H2,1H3. The molecule has 0 saturated carbocycles. The summed E-state index contributed by atoms with van der Waals surface area (Å²) in [6.07, 6.45) is 11.4. The highest BCUT2D eigenvalue weighted by molar-refractivity contribution is 4.99. The van der Waals surface area contributed by atoms with Crippen LogP contribution in [0.5, 0.6) is 0 Å². The van der Waals surface area contributed by atoms with E-state index in [1.165, 1.54) is 32.1 Å². The Labute approximate surface area is 86.7 Å². The lowest BCUT2D eigenvalue weighted by atomic mass is 10.0. The van der Waals surface area contributed by atoms with Crippen molar-refractivity contribution in [1.29, 1.82) is 0 Å². The molecule has 0 aromatic rings. The van der Waals surface area contributed by atoms with Gasteiger partial charge in [-0.25, -0.2) is 0 Å². The molecular formula is C12H21NO. The minimum atomic E-state index is 0.449. The molecule has 2 nitrogen and oxygen atoms in total. The Balaban J connectivity index is 1.77. The van der Waals surface area contributed by atoms with E-state index in [4.69, 9.17) is 4.74 Å². The molecular weight excluding hydrogens is 174 g/mol. The number of nitrogens with one attached hydrogen (secondary N) is 1. The molecule has 1 saturated heterocycles. The molecule has 1 N–H and O–H groups in total. The summed E-state index contributed by atoms with van der Waals surface area (Å²) >= 11 is 0. The summed E-state index contributed by atoms with van der Waals surface area (Å²) in [5.41, 5.74) is 0. The number of rotatable bonds is 3. The van der Waals surface area contributed by atoms with Gasteiger partial charge in [-0.1, -0.05) is 12.2 Å². The van der Waals surface area contributed by atoms with Gasteiger partial charge in [-0.3, -0.25) is 0 Å². The lowest BCUT2D eigenvalue weighted by molar-refractivity contribution is 0.0809. The zero-order chi connectivity index (χ0) is 9.80. The third kappa shape index (κ3) is 2.58. The summed E-state index contributed by atoms with van der Waals surface area (Å²) < 4.78 is 5.67. The van der Waals surface area contributed by atoms with E-state index < -0.39 is 0 Å². The van der Waals surface area contributed by atoms with Crippen molar-refractivity contribution in [3.8, 4) is 0 Å². The average molecular weight is 195 g/mol. The van der Waals surface area contributed by atoms with Crippen molar-refractivity contribution < 1.29 is 4.74 Å². The second-order valence-electron chi connectivity index (χ2n) is 4.47. The number of allylic oxidation sites excluding steroid dienone is 1. The van der Waals surface area contributed by atoms with Crippen LogP contribution in [0.25, 0.3) is 0 Å². The summed E-state index contributed by atoms with van der Waals surface area (Å²) in [7, 11) is 0. The van der Waals surface area contributed by atoms with Crippen molar-refractivity contribution in [1.82, 2.24) is 5.32 Å². The molecule has 0 amide bonds. The first-order valence-corrected chi connectivity index (χ1v) is 5.90. The molecule has 1 heterocycles. The van der Waals surface area contributed by atoms with Gasteiger partial charge in [0.1, 0.15) is 0 Å². The maximum absolute atomic E-state index is 5.67. The molecule has 1 aliphatic carbocycles. The number of hydrogen-bond acceptors (Lipinski definition) is 2. The van der Waals surface area contributed by atoms with Gasteiger partial charge in [0.25, 0.3) is 0 Å². The second-order valence-corrected chi connectivity index (χ2v) is 4.47. The minimum absolute atomic E-state index is 0.449. The van der Waals surface area contributed by atoms with E-state index in [0.29, 0.717) is 18.2 Å². The highest BCUT2D eigenvalue weighted by Gasteiger charge is 2.23. The van der Waals surface area contributed by atoms with Crippen molar-refractivity contribution in [2.24, 2.45) is 0 Å². The van der Waals surface area contributed by atoms with Gasteiger partial charge in [-0.2, -0.15) is 0 Å². The van der Waals surface area contributed by atoms with Crippen LogP contribution in [0.1, 0.15) is 39.0 Å². The molecule has 3 unspecified atom stereocenters. The molecule has 0 bridgehead atoms. The Morgan fingerprint density at radius 3 is 2.93 bits per heavy atom. The monoisotopic (exact) mass is 195 g/mol. The third-order valence-electron chi connectivity index (χ3n) is 3.25. The first-order chi connectivity index (χ1) is 6.86. The molecule has 0 radical (unpaired) electrons. The van der Waals surface area contributed by atoms with Crippen molar-refractivity contribution in [3.63, 3.8) is 0 Å². The molecule has 14 heavy (non-hydrogen) atoms. The fourth-order valence-electron chi connectivity index (χ4n) is 2.39. The van der Waals surface area contributed by atoms with Gasteiger partial charge < -0.3 is 10.1 Å². The van der Waals surface area contributed by atoms with Crippen LogP contribution in [0.4, 0.5) is 0 Å². The summed E-state index contributed by atoms with van der Waals surface area (Å²) in [5, 5.41) is 3.65. The van der Waals surface area contributed by atoms with Gasteiger partial charge >= 0.3 is 0 Å². The van der Waals surface area contributed by atoms with Crippen molar-refractivity contribution in [2.75, 3.05) is 6.61 Å². The van der Waals surface area contributed by atoms with E-state index in [0.717, 1.165) is 6.61 Å². The first kappa shape index (κ1) is 10.2. The highest BCUT2D eigenvalue weighted by Crippen LogP contribution is 2.17. The van der Waals surface area contributed by atoms with Crippen molar-refractivity contribution >= 4 is 0 Å². The zero-order valence-corrected chi connectivity index (χ0v) is 9.04. The van der Waals surface area contributed by atoms with E-state index in [2.05, 4.69) is 24.4 Å². The van der Waals surface area contributed by atoms with Gasteiger partial charge in [0, 0.05) is 18.7 Å². The Morgan fingerprint density at radius 1 is 1.36 bits per heavy atom. The largest absolute Gasteiger partial charge is 0.377 e. The fourth-order valence-corrected chi connectivity index (χ4v) is 2.39. The van der Waals surface area contributed by atoms with Crippen LogP contribution in [-0.4, -0.2) is 24.8 Å². The van der Waals surface area contributed by atoms with Gasteiger partial charge in [-0.15, -0.1) is 0 Å². The molecule has 80 valence electrons. The molecule has 1 fully saturated rings. The van der Waals surface area contributed by atoms with Crippen LogP contribution in [0.3, 0.4) is 0 Å².